The number of hydrogen-bond acceptors (Lipinski definition) is 4. The Balaban J connectivity index is 1.87. The van der Waals surface area contributed by atoms with Gasteiger partial charge in [-0.05, 0) is 43.5 Å². The fourth-order valence-corrected chi connectivity index (χ4v) is 2.60. The standard InChI is InChI=1S/C16H25N3O2/c1-21-15-7-5-13(6-8-15)18-14(12-17)11-16(20)19-9-3-2-4-10-19/h5-8,14,18H,2-4,9-12,17H2,1H3. The van der Waals surface area contributed by atoms with Gasteiger partial charge < -0.3 is 20.7 Å². The van der Waals surface area contributed by atoms with E-state index in [2.05, 4.69) is 5.32 Å². The van der Waals surface area contributed by atoms with Crippen LogP contribution in [-0.4, -0.2) is 43.6 Å². The third-order valence-corrected chi connectivity index (χ3v) is 3.88. The van der Waals surface area contributed by atoms with Gasteiger partial charge in [0.2, 0.25) is 5.91 Å². The molecule has 1 amide bonds. The van der Waals surface area contributed by atoms with Crippen LogP contribution in [-0.2, 0) is 4.79 Å². The summed E-state index contributed by atoms with van der Waals surface area (Å²) in [6.07, 6.45) is 3.91. The van der Waals surface area contributed by atoms with Crippen LogP contribution in [0.15, 0.2) is 24.3 Å². The van der Waals surface area contributed by atoms with Crippen molar-refractivity contribution in [2.24, 2.45) is 5.73 Å². The fraction of sp³-hybridized carbons (Fsp3) is 0.562. The van der Waals surface area contributed by atoms with Gasteiger partial charge in [0.1, 0.15) is 5.75 Å². The third-order valence-electron chi connectivity index (χ3n) is 3.88. The third kappa shape index (κ3) is 4.63. The van der Waals surface area contributed by atoms with Crippen molar-refractivity contribution in [3.8, 4) is 5.75 Å². The number of methoxy groups -OCH3 is 1. The van der Waals surface area contributed by atoms with E-state index in [0.29, 0.717) is 13.0 Å². The van der Waals surface area contributed by atoms with E-state index in [1.54, 1.807) is 7.11 Å². The van der Waals surface area contributed by atoms with E-state index in [0.717, 1.165) is 37.4 Å². The molecule has 0 bridgehead atoms. The molecule has 1 saturated heterocycles. The number of likely N-dealkylation sites (tertiary alicyclic amines) is 1. The number of anilines is 1. The van der Waals surface area contributed by atoms with E-state index < -0.39 is 0 Å². The van der Waals surface area contributed by atoms with E-state index in [4.69, 9.17) is 10.5 Å². The van der Waals surface area contributed by atoms with Gasteiger partial charge in [-0.1, -0.05) is 0 Å². The second-order valence-corrected chi connectivity index (χ2v) is 5.45. The van der Waals surface area contributed by atoms with Crippen molar-refractivity contribution in [1.82, 2.24) is 4.90 Å². The highest BCUT2D eigenvalue weighted by molar-refractivity contribution is 5.77. The molecule has 1 aromatic carbocycles. The highest BCUT2D eigenvalue weighted by Crippen LogP contribution is 2.17. The van der Waals surface area contributed by atoms with Gasteiger partial charge in [0.05, 0.1) is 7.11 Å². The highest BCUT2D eigenvalue weighted by Gasteiger charge is 2.20. The highest BCUT2D eigenvalue weighted by atomic mass is 16.5. The van der Waals surface area contributed by atoms with Gasteiger partial charge >= 0.3 is 0 Å². The van der Waals surface area contributed by atoms with Crippen molar-refractivity contribution in [3.63, 3.8) is 0 Å². The lowest BCUT2D eigenvalue weighted by atomic mass is 10.1. The number of amides is 1. The van der Waals surface area contributed by atoms with Crippen LogP contribution in [0, 0.1) is 0 Å². The topological polar surface area (TPSA) is 67.6 Å². The SMILES string of the molecule is COc1ccc(NC(CN)CC(=O)N2CCCCC2)cc1. The minimum atomic E-state index is -0.0344. The van der Waals surface area contributed by atoms with E-state index in [9.17, 15) is 4.79 Å². The zero-order valence-corrected chi connectivity index (χ0v) is 12.7. The first-order chi connectivity index (χ1) is 10.2. The molecular weight excluding hydrogens is 266 g/mol. The Bertz CT molecular complexity index is 441. The van der Waals surface area contributed by atoms with Gasteiger partial charge in [-0.25, -0.2) is 0 Å². The van der Waals surface area contributed by atoms with Crippen LogP contribution < -0.4 is 15.8 Å². The minimum Gasteiger partial charge on any atom is -0.497 e. The van der Waals surface area contributed by atoms with Crippen molar-refractivity contribution in [1.29, 1.82) is 0 Å². The Kier molecular flexibility index (Phi) is 5.87. The zero-order chi connectivity index (χ0) is 15.1. The van der Waals surface area contributed by atoms with E-state index in [1.165, 1.54) is 6.42 Å². The molecule has 2 rings (SSSR count). The molecule has 0 saturated carbocycles. The number of nitrogens with zero attached hydrogens (tertiary/aromatic N) is 1. The molecular formula is C16H25N3O2. The molecule has 1 aliphatic rings. The van der Waals surface area contributed by atoms with Gasteiger partial charge in [-0.2, -0.15) is 0 Å². The number of nitrogens with two attached hydrogens (primary N) is 1. The Hall–Kier alpha value is -1.75. The largest absolute Gasteiger partial charge is 0.497 e. The predicted octanol–water partition coefficient (Wildman–Crippen LogP) is 1.84. The number of carbonyl (C=O) groups excluding carboxylic acids is 1. The predicted molar refractivity (Wildman–Crippen MR) is 84.5 cm³/mol. The molecule has 3 N–H and O–H groups in total. The Morgan fingerprint density at radius 3 is 2.52 bits per heavy atom. The van der Waals surface area contributed by atoms with Crippen LogP contribution >= 0.6 is 0 Å². The summed E-state index contributed by atoms with van der Waals surface area (Å²) in [5.74, 6) is 1.01. The molecule has 1 fully saturated rings. The van der Waals surface area contributed by atoms with Crippen molar-refractivity contribution < 1.29 is 9.53 Å². The molecule has 0 aromatic heterocycles. The van der Waals surface area contributed by atoms with Crippen molar-refractivity contribution in [3.05, 3.63) is 24.3 Å². The van der Waals surface area contributed by atoms with Crippen LogP contribution in [0.1, 0.15) is 25.7 Å². The maximum absolute atomic E-state index is 12.3. The molecule has 1 aliphatic heterocycles. The summed E-state index contributed by atoms with van der Waals surface area (Å²) in [4.78, 5) is 14.2. The van der Waals surface area contributed by atoms with Crippen LogP contribution in [0.3, 0.4) is 0 Å². The molecule has 1 aromatic rings. The van der Waals surface area contributed by atoms with Crippen LogP contribution in [0.4, 0.5) is 5.69 Å². The Morgan fingerprint density at radius 2 is 1.95 bits per heavy atom. The van der Waals surface area contributed by atoms with Crippen LogP contribution in [0.5, 0.6) is 5.75 Å². The lowest BCUT2D eigenvalue weighted by Crippen LogP contribution is -2.40. The summed E-state index contributed by atoms with van der Waals surface area (Å²) in [5, 5.41) is 3.32. The maximum Gasteiger partial charge on any atom is 0.224 e. The first-order valence-corrected chi connectivity index (χ1v) is 7.61. The van der Waals surface area contributed by atoms with Crippen molar-refractivity contribution in [2.45, 2.75) is 31.7 Å². The van der Waals surface area contributed by atoms with Gasteiger partial charge in [-0.3, -0.25) is 4.79 Å². The lowest BCUT2D eigenvalue weighted by Gasteiger charge is -2.28. The number of hydrogen-bond donors (Lipinski definition) is 2. The van der Waals surface area contributed by atoms with Crippen LogP contribution in [0.25, 0.3) is 0 Å². The molecule has 5 heteroatoms. The number of carbonyl (C=O) groups is 1. The van der Waals surface area contributed by atoms with Gasteiger partial charge in [0.25, 0.3) is 0 Å². The minimum absolute atomic E-state index is 0.0344. The zero-order valence-electron chi connectivity index (χ0n) is 12.7. The first kappa shape index (κ1) is 15.6. The molecule has 1 heterocycles. The average Bonchev–Trinajstić information content (AvgIpc) is 2.55. The average molecular weight is 291 g/mol. The molecule has 0 spiro atoms. The van der Waals surface area contributed by atoms with Gasteiger partial charge in [0, 0.05) is 37.8 Å². The maximum atomic E-state index is 12.3. The summed E-state index contributed by atoms with van der Waals surface area (Å²) < 4.78 is 5.13. The molecule has 116 valence electrons. The van der Waals surface area contributed by atoms with Crippen molar-refractivity contribution in [2.75, 3.05) is 32.1 Å². The molecule has 5 nitrogen and oxygen atoms in total. The molecule has 0 aliphatic carbocycles. The summed E-state index contributed by atoms with van der Waals surface area (Å²) >= 11 is 0. The number of ether oxygens (including phenoxy) is 1. The lowest BCUT2D eigenvalue weighted by molar-refractivity contribution is -0.132. The van der Waals surface area contributed by atoms with Gasteiger partial charge in [0.15, 0.2) is 0 Å². The molecule has 0 radical (unpaired) electrons. The summed E-state index contributed by atoms with van der Waals surface area (Å²) in [7, 11) is 1.64. The number of benzene rings is 1. The van der Waals surface area contributed by atoms with Crippen molar-refractivity contribution >= 4 is 11.6 Å². The summed E-state index contributed by atoms with van der Waals surface area (Å²) in [5.41, 5.74) is 6.75. The summed E-state index contributed by atoms with van der Waals surface area (Å²) in [6.45, 7) is 2.21. The smallest absolute Gasteiger partial charge is 0.224 e. The van der Waals surface area contributed by atoms with E-state index in [1.807, 2.05) is 29.2 Å². The molecule has 1 atom stereocenters. The summed E-state index contributed by atoms with van der Waals surface area (Å²) in [6, 6.07) is 7.62. The van der Waals surface area contributed by atoms with Gasteiger partial charge in [-0.15, -0.1) is 0 Å². The number of rotatable bonds is 6. The Morgan fingerprint density at radius 1 is 1.29 bits per heavy atom. The second-order valence-electron chi connectivity index (χ2n) is 5.45. The fourth-order valence-electron chi connectivity index (χ4n) is 2.60. The normalized spacial score (nSPS) is 16.4. The van der Waals surface area contributed by atoms with Crippen LogP contribution in [0.2, 0.25) is 0 Å². The quantitative estimate of drug-likeness (QED) is 0.839. The molecule has 21 heavy (non-hydrogen) atoms. The van der Waals surface area contributed by atoms with E-state index in [-0.39, 0.29) is 11.9 Å². The molecule has 1 unspecified atom stereocenters. The Labute approximate surface area is 126 Å². The second kappa shape index (κ2) is 7.88. The van der Waals surface area contributed by atoms with E-state index >= 15 is 0 Å². The number of piperidine rings is 1. The monoisotopic (exact) mass is 291 g/mol. The first-order valence-electron chi connectivity index (χ1n) is 7.61. The number of nitrogens with one attached hydrogen (secondary N) is 1.